The van der Waals surface area contributed by atoms with Crippen LogP contribution in [0.5, 0.6) is 0 Å². The van der Waals surface area contributed by atoms with Crippen LogP contribution in [0, 0.1) is 0 Å². The molecule has 4 nitrogen and oxygen atoms in total. The number of hydrogen-bond acceptors (Lipinski definition) is 2. The minimum atomic E-state index is -0.114. The second-order valence-corrected chi connectivity index (χ2v) is 6.05. The maximum absolute atomic E-state index is 12.2. The van der Waals surface area contributed by atoms with Crippen molar-refractivity contribution >= 4 is 22.5 Å². The second kappa shape index (κ2) is 6.94. The zero-order valence-corrected chi connectivity index (χ0v) is 13.7. The number of benzene rings is 2. The Morgan fingerprint density at radius 3 is 2.65 bits per heavy atom. The lowest BCUT2D eigenvalue weighted by atomic mass is 10.2. The molecule has 0 fully saturated rings. The minimum Gasteiger partial charge on any atom is -0.325 e. The van der Waals surface area contributed by atoms with Crippen molar-refractivity contribution in [2.75, 3.05) is 6.54 Å². The first-order valence-corrected chi connectivity index (χ1v) is 8.09. The second-order valence-electron chi connectivity index (χ2n) is 5.62. The number of H-pyrrole nitrogens is 1. The molecular weight excluding hydrogens is 310 g/mol. The Hall–Kier alpha value is -2.17. The van der Waals surface area contributed by atoms with Crippen molar-refractivity contribution < 1.29 is 4.90 Å². The number of nitrogens with zero attached hydrogens (tertiary/aromatic N) is 1. The maximum atomic E-state index is 12.2. The van der Waals surface area contributed by atoms with Crippen LogP contribution in [0.15, 0.2) is 53.3 Å². The Kier molecular flexibility index (Phi) is 4.74. The molecule has 0 aliphatic heterocycles. The van der Waals surface area contributed by atoms with Gasteiger partial charge in [0.1, 0.15) is 13.1 Å². The van der Waals surface area contributed by atoms with Crippen molar-refractivity contribution in [1.82, 2.24) is 9.97 Å². The van der Waals surface area contributed by atoms with E-state index in [9.17, 15) is 4.79 Å². The molecular formula is C18H19ClN3O+. The fourth-order valence-corrected chi connectivity index (χ4v) is 2.84. The van der Waals surface area contributed by atoms with Crippen molar-refractivity contribution in [3.8, 4) is 0 Å². The van der Waals surface area contributed by atoms with Gasteiger partial charge < -0.3 is 9.88 Å². The van der Waals surface area contributed by atoms with E-state index in [2.05, 4.69) is 29.0 Å². The van der Waals surface area contributed by atoms with Gasteiger partial charge in [-0.2, -0.15) is 0 Å². The topological polar surface area (TPSA) is 50.2 Å². The summed E-state index contributed by atoms with van der Waals surface area (Å²) in [7, 11) is 0. The van der Waals surface area contributed by atoms with Crippen LogP contribution in [-0.4, -0.2) is 16.5 Å². The van der Waals surface area contributed by atoms with E-state index in [0.29, 0.717) is 28.3 Å². The number of aromatic nitrogens is 2. The van der Waals surface area contributed by atoms with Crippen LogP contribution < -0.4 is 10.5 Å². The Bertz CT molecular complexity index is 861. The third kappa shape index (κ3) is 3.78. The lowest BCUT2D eigenvalue weighted by Crippen LogP contribution is -3.09. The molecule has 0 amide bonds. The van der Waals surface area contributed by atoms with Crippen molar-refractivity contribution in [3.63, 3.8) is 0 Å². The summed E-state index contributed by atoms with van der Waals surface area (Å²) in [5.41, 5.74) is 1.80. The van der Waals surface area contributed by atoms with Gasteiger partial charge in [-0.05, 0) is 25.1 Å². The van der Waals surface area contributed by atoms with E-state index >= 15 is 0 Å². The van der Waals surface area contributed by atoms with E-state index < -0.39 is 0 Å². The number of rotatable bonds is 5. The molecule has 1 aromatic heterocycles. The standard InChI is InChI=1S/C18H18ClN3O/c1-2-22(11-13-6-4-3-5-7-13)12-17-20-16-10-14(19)8-9-15(16)18(23)21-17/h3-10H,2,11-12H2,1H3,(H,20,21,23)/p+1. The summed E-state index contributed by atoms with van der Waals surface area (Å²) in [6.45, 7) is 4.65. The van der Waals surface area contributed by atoms with Crippen LogP contribution in [-0.2, 0) is 13.1 Å². The van der Waals surface area contributed by atoms with Crippen molar-refractivity contribution in [2.45, 2.75) is 20.0 Å². The predicted octanol–water partition coefficient (Wildman–Crippen LogP) is 2.18. The molecule has 2 aromatic carbocycles. The predicted molar refractivity (Wildman–Crippen MR) is 92.7 cm³/mol. The van der Waals surface area contributed by atoms with Crippen molar-refractivity contribution in [3.05, 3.63) is 75.3 Å². The summed E-state index contributed by atoms with van der Waals surface area (Å²) < 4.78 is 0. The quantitative estimate of drug-likeness (QED) is 0.754. The van der Waals surface area contributed by atoms with Gasteiger partial charge in [0.15, 0.2) is 5.82 Å². The molecule has 1 heterocycles. The third-order valence-corrected chi connectivity index (χ3v) is 4.17. The van der Waals surface area contributed by atoms with Gasteiger partial charge in [-0.1, -0.05) is 41.9 Å². The normalized spacial score (nSPS) is 12.4. The van der Waals surface area contributed by atoms with Crippen LogP contribution in [0.3, 0.4) is 0 Å². The van der Waals surface area contributed by atoms with Crippen LogP contribution in [0.2, 0.25) is 5.02 Å². The molecule has 0 aliphatic rings. The van der Waals surface area contributed by atoms with Gasteiger partial charge in [0.25, 0.3) is 5.56 Å². The lowest BCUT2D eigenvalue weighted by Gasteiger charge is -2.17. The molecule has 0 spiro atoms. The van der Waals surface area contributed by atoms with E-state index in [0.717, 1.165) is 13.1 Å². The first kappa shape index (κ1) is 15.7. The Morgan fingerprint density at radius 2 is 1.91 bits per heavy atom. The molecule has 0 aliphatic carbocycles. The SMILES string of the molecule is CC[NH+](Cc1ccccc1)Cc1nc2cc(Cl)ccc2c(=O)[nH]1. The summed E-state index contributed by atoms with van der Waals surface area (Å²) in [6, 6.07) is 15.5. The highest BCUT2D eigenvalue weighted by Crippen LogP contribution is 2.14. The molecule has 0 radical (unpaired) electrons. The van der Waals surface area contributed by atoms with Gasteiger partial charge in [-0.25, -0.2) is 4.98 Å². The molecule has 23 heavy (non-hydrogen) atoms. The highest BCUT2D eigenvalue weighted by molar-refractivity contribution is 6.31. The lowest BCUT2D eigenvalue weighted by molar-refractivity contribution is -0.926. The monoisotopic (exact) mass is 328 g/mol. The van der Waals surface area contributed by atoms with Crippen molar-refractivity contribution in [1.29, 1.82) is 0 Å². The highest BCUT2D eigenvalue weighted by Gasteiger charge is 2.12. The van der Waals surface area contributed by atoms with Gasteiger partial charge >= 0.3 is 0 Å². The van der Waals surface area contributed by atoms with Gasteiger partial charge in [0, 0.05) is 10.6 Å². The molecule has 118 valence electrons. The molecule has 1 atom stereocenters. The molecule has 0 bridgehead atoms. The number of quaternary nitrogens is 1. The van der Waals surface area contributed by atoms with Gasteiger partial charge in [-0.15, -0.1) is 0 Å². The molecule has 0 saturated carbocycles. The molecule has 3 rings (SSSR count). The Labute approximate surface area is 139 Å². The number of hydrogen-bond donors (Lipinski definition) is 2. The summed E-state index contributed by atoms with van der Waals surface area (Å²) >= 11 is 6.01. The fraction of sp³-hybridized carbons (Fsp3) is 0.222. The van der Waals surface area contributed by atoms with Crippen LogP contribution >= 0.6 is 11.6 Å². The number of fused-ring (bicyclic) bond motifs is 1. The average molecular weight is 329 g/mol. The van der Waals surface area contributed by atoms with Crippen LogP contribution in [0.25, 0.3) is 10.9 Å². The summed E-state index contributed by atoms with van der Waals surface area (Å²) in [5.74, 6) is 0.692. The van der Waals surface area contributed by atoms with Crippen LogP contribution in [0.1, 0.15) is 18.3 Å². The number of halogens is 1. The molecule has 1 unspecified atom stereocenters. The van der Waals surface area contributed by atoms with E-state index in [4.69, 9.17) is 11.6 Å². The first-order chi connectivity index (χ1) is 11.2. The van der Waals surface area contributed by atoms with Gasteiger partial charge in [0.05, 0.1) is 17.4 Å². The minimum absolute atomic E-state index is 0.114. The van der Waals surface area contributed by atoms with Crippen molar-refractivity contribution in [2.24, 2.45) is 0 Å². The third-order valence-electron chi connectivity index (χ3n) is 3.93. The summed E-state index contributed by atoms with van der Waals surface area (Å²) in [4.78, 5) is 21.0. The van der Waals surface area contributed by atoms with Crippen LogP contribution in [0.4, 0.5) is 0 Å². The first-order valence-electron chi connectivity index (χ1n) is 7.71. The zero-order chi connectivity index (χ0) is 16.2. The van der Waals surface area contributed by atoms with E-state index in [-0.39, 0.29) is 5.56 Å². The fourth-order valence-electron chi connectivity index (χ4n) is 2.68. The smallest absolute Gasteiger partial charge is 0.258 e. The Balaban J connectivity index is 1.86. The summed E-state index contributed by atoms with van der Waals surface area (Å²) in [6.07, 6.45) is 0. The highest BCUT2D eigenvalue weighted by atomic mass is 35.5. The molecule has 2 N–H and O–H groups in total. The molecule has 0 saturated heterocycles. The maximum Gasteiger partial charge on any atom is 0.258 e. The molecule has 5 heteroatoms. The van der Waals surface area contributed by atoms with E-state index in [1.54, 1.807) is 18.2 Å². The average Bonchev–Trinajstić information content (AvgIpc) is 2.54. The summed E-state index contributed by atoms with van der Waals surface area (Å²) in [5, 5.41) is 1.16. The Morgan fingerprint density at radius 1 is 1.13 bits per heavy atom. The molecule has 3 aromatic rings. The van der Waals surface area contributed by atoms with E-state index in [1.165, 1.54) is 10.5 Å². The van der Waals surface area contributed by atoms with Gasteiger partial charge in [0.2, 0.25) is 0 Å². The number of nitrogens with one attached hydrogen (secondary N) is 2. The van der Waals surface area contributed by atoms with Gasteiger partial charge in [-0.3, -0.25) is 4.79 Å². The number of aromatic amines is 1. The van der Waals surface area contributed by atoms with E-state index in [1.807, 2.05) is 18.2 Å². The largest absolute Gasteiger partial charge is 0.325 e. The zero-order valence-electron chi connectivity index (χ0n) is 13.0.